The number of allylic oxidation sites excluding steroid dienone is 4. The third kappa shape index (κ3) is 2.22. The van der Waals surface area contributed by atoms with E-state index in [9.17, 15) is 19.8 Å². The third-order valence-corrected chi connectivity index (χ3v) is 8.47. The van der Waals surface area contributed by atoms with Crippen LogP contribution in [0, 0.1) is 34.5 Å². The van der Waals surface area contributed by atoms with E-state index in [1.807, 2.05) is 13.8 Å². The van der Waals surface area contributed by atoms with Crippen LogP contribution in [0.4, 0.5) is 8.78 Å². The van der Waals surface area contributed by atoms with Gasteiger partial charge in [-0.3, -0.25) is 9.59 Å². The number of aliphatic hydroxyl groups excluding tert-OH is 2. The summed E-state index contributed by atoms with van der Waals surface area (Å²) in [5.74, 6) is -2.26. The van der Waals surface area contributed by atoms with E-state index in [4.69, 9.17) is 0 Å². The van der Waals surface area contributed by atoms with Crippen molar-refractivity contribution in [1.82, 2.24) is 0 Å². The predicted octanol–water partition coefficient (Wildman–Crippen LogP) is 2.73. The van der Waals surface area contributed by atoms with Gasteiger partial charge >= 0.3 is 0 Å². The Morgan fingerprint density at radius 1 is 1.29 bits per heavy atom. The molecule has 4 aliphatic rings. The zero-order valence-corrected chi connectivity index (χ0v) is 16.5. The lowest BCUT2D eigenvalue weighted by Gasteiger charge is -2.62. The van der Waals surface area contributed by atoms with Crippen molar-refractivity contribution in [2.45, 2.75) is 58.0 Å². The first kappa shape index (κ1) is 19.9. The number of Topliss-reactive ketones (excluding diaryl/α,β-unsaturated/α-hetero) is 1. The molecule has 154 valence electrons. The van der Waals surface area contributed by atoms with Crippen LogP contribution in [0.5, 0.6) is 0 Å². The summed E-state index contributed by atoms with van der Waals surface area (Å²) in [6.07, 6.45) is 1.52. The molecule has 4 rings (SSSR count). The van der Waals surface area contributed by atoms with E-state index in [0.717, 1.165) is 0 Å². The van der Waals surface area contributed by atoms with Crippen molar-refractivity contribution >= 4 is 11.6 Å². The summed E-state index contributed by atoms with van der Waals surface area (Å²) in [6, 6.07) is 0. The Hall–Kier alpha value is -1.40. The molecule has 3 saturated carbocycles. The maximum atomic E-state index is 16.8. The van der Waals surface area contributed by atoms with Gasteiger partial charge in [-0.15, -0.1) is 0 Å². The minimum Gasteiger partial charge on any atom is -0.390 e. The molecule has 3 unspecified atom stereocenters. The fourth-order valence-corrected chi connectivity index (χ4v) is 7.36. The molecular weight excluding hydrogens is 366 g/mol. The molecule has 4 aliphatic carbocycles. The van der Waals surface area contributed by atoms with Gasteiger partial charge in [0.2, 0.25) is 0 Å². The number of aliphatic hydroxyl groups is 2. The lowest BCUT2D eigenvalue weighted by atomic mass is 9.45. The molecule has 0 aromatic carbocycles. The number of hydrogen-bond donors (Lipinski definition) is 2. The molecule has 0 spiro atoms. The summed E-state index contributed by atoms with van der Waals surface area (Å²) in [4.78, 5) is 24.3. The Morgan fingerprint density at radius 2 is 1.96 bits per heavy atom. The molecule has 0 aromatic rings. The number of rotatable bonds is 2. The Kier molecular flexibility index (Phi) is 4.30. The smallest absolute Gasteiger partial charge is 0.178 e. The second-order valence-corrected chi connectivity index (χ2v) is 9.76. The zero-order valence-electron chi connectivity index (χ0n) is 16.5. The number of ketones is 2. The first-order valence-corrected chi connectivity index (χ1v) is 10.1. The number of halogens is 2. The van der Waals surface area contributed by atoms with Crippen molar-refractivity contribution in [3.63, 3.8) is 0 Å². The number of carbonyl (C=O) groups is 2. The largest absolute Gasteiger partial charge is 0.390 e. The van der Waals surface area contributed by atoms with Crippen molar-refractivity contribution in [3.05, 3.63) is 23.8 Å². The number of alkyl halides is 2. The van der Waals surface area contributed by atoms with Crippen molar-refractivity contribution < 1.29 is 28.6 Å². The van der Waals surface area contributed by atoms with Gasteiger partial charge in [-0.2, -0.15) is 0 Å². The lowest BCUT2D eigenvalue weighted by molar-refractivity contribution is -0.202. The Labute approximate surface area is 163 Å². The van der Waals surface area contributed by atoms with Crippen LogP contribution in [-0.4, -0.2) is 46.3 Å². The maximum absolute atomic E-state index is 16.8. The summed E-state index contributed by atoms with van der Waals surface area (Å²) in [5.41, 5.74) is -4.09. The van der Waals surface area contributed by atoms with Crippen LogP contribution in [0.3, 0.4) is 0 Å². The number of hydrogen-bond acceptors (Lipinski definition) is 4. The van der Waals surface area contributed by atoms with Crippen LogP contribution < -0.4 is 0 Å². The summed E-state index contributed by atoms with van der Waals surface area (Å²) in [7, 11) is 0. The molecule has 6 heteroatoms. The summed E-state index contributed by atoms with van der Waals surface area (Å²) in [5, 5.41) is 20.5. The summed E-state index contributed by atoms with van der Waals surface area (Å²) < 4.78 is 32.0. The van der Waals surface area contributed by atoms with Gasteiger partial charge < -0.3 is 10.2 Å². The predicted molar refractivity (Wildman–Crippen MR) is 98.8 cm³/mol. The molecule has 2 N–H and O–H groups in total. The van der Waals surface area contributed by atoms with Gasteiger partial charge in [-0.05, 0) is 61.2 Å². The van der Waals surface area contributed by atoms with Crippen LogP contribution >= 0.6 is 0 Å². The van der Waals surface area contributed by atoms with Crippen molar-refractivity contribution in [2.75, 3.05) is 6.61 Å². The molecule has 0 bridgehead atoms. The van der Waals surface area contributed by atoms with Crippen LogP contribution in [0.25, 0.3) is 0 Å². The fraction of sp³-hybridized carbons (Fsp3) is 0.727. The Morgan fingerprint density at radius 3 is 2.61 bits per heavy atom. The van der Waals surface area contributed by atoms with E-state index < -0.39 is 47.2 Å². The summed E-state index contributed by atoms with van der Waals surface area (Å²) in [6.45, 7) is 4.78. The molecule has 28 heavy (non-hydrogen) atoms. The van der Waals surface area contributed by atoms with Gasteiger partial charge in [0.15, 0.2) is 17.2 Å². The van der Waals surface area contributed by atoms with Crippen molar-refractivity contribution in [2.24, 2.45) is 34.5 Å². The molecule has 3 fully saturated rings. The maximum Gasteiger partial charge on any atom is 0.178 e. The second-order valence-electron chi connectivity index (χ2n) is 9.76. The normalized spacial score (nSPS) is 52.5. The Bertz CT molecular complexity index is 791. The van der Waals surface area contributed by atoms with Gasteiger partial charge in [-0.1, -0.05) is 19.9 Å². The van der Waals surface area contributed by atoms with E-state index in [1.165, 1.54) is 18.2 Å². The fourth-order valence-electron chi connectivity index (χ4n) is 7.36. The van der Waals surface area contributed by atoms with E-state index >= 15 is 8.78 Å². The number of carbonyl (C=O) groups excluding carboxylic acids is 2. The SMILES string of the molecule is CC1C[C@H]2[C@@H]3CC(F)C4=CC(=O)C=C[C@]4(C)[C@@]3(F)C(O)C[C@]2(C)[C@H]1C(=O)CO. The highest BCUT2D eigenvalue weighted by Gasteiger charge is 2.73. The third-order valence-electron chi connectivity index (χ3n) is 8.47. The molecular formula is C22H28F2O4. The zero-order chi connectivity index (χ0) is 20.6. The highest BCUT2D eigenvalue weighted by Crippen LogP contribution is 2.70. The highest BCUT2D eigenvalue weighted by molar-refractivity contribution is 6.01. The Balaban J connectivity index is 1.84. The molecule has 0 aromatic heterocycles. The van der Waals surface area contributed by atoms with Gasteiger partial charge in [0, 0.05) is 17.3 Å². The van der Waals surface area contributed by atoms with Crippen molar-refractivity contribution in [1.29, 1.82) is 0 Å². The van der Waals surface area contributed by atoms with Crippen LogP contribution in [0.1, 0.15) is 40.0 Å². The monoisotopic (exact) mass is 394 g/mol. The average Bonchev–Trinajstić information content (AvgIpc) is 2.89. The average molecular weight is 394 g/mol. The molecule has 0 aliphatic heterocycles. The lowest BCUT2D eigenvalue weighted by Crippen LogP contribution is -2.68. The molecule has 0 heterocycles. The number of fused-ring (bicyclic) bond motifs is 5. The van der Waals surface area contributed by atoms with E-state index in [1.54, 1.807) is 6.92 Å². The molecule has 9 atom stereocenters. The van der Waals surface area contributed by atoms with Crippen LogP contribution in [0.2, 0.25) is 0 Å². The minimum atomic E-state index is -2.11. The van der Waals surface area contributed by atoms with Crippen LogP contribution in [0.15, 0.2) is 23.8 Å². The minimum absolute atomic E-state index is 0.0736. The molecule has 0 radical (unpaired) electrons. The molecule has 0 amide bonds. The highest BCUT2D eigenvalue weighted by atomic mass is 19.1. The summed E-state index contributed by atoms with van der Waals surface area (Å²) >= 11 is 0. The quantitative estimate of drug-likeness (QED) is 0.755. The van der Waals surface area contributed by atoms with E-state index in [2.05, 4.69) is 0 Å². The second kappa shape index (κ2) is 6.05. The standard InChI is InChI=1S/C22H28F2O4/c1-11-6-13-14-8-16(23)15-7-12(26)4-5-21(15,3)22(14,24)18(28)9-20(13,2)19(11)17(27)10-25/h4-5,7,11,13-14,16,18-19,25,28H,6,8-10H2,1-3H3/t11?,13-,14-,16?,18?,19+,20-,21-,22-/m0/s1. The first-order chi connectivity index (χ1) is 13.0. The van der Waals surface area contributed by atoms with Gasteiger partial charge in [0.1, 0.15) is 12.8 Å². The van der Waals surface area contributed by atoms with Gasteiger partial charge in [-0.25, -0.2) is 8.78 Å². The van der Waals surface area contributed by atoms with E-state index in [-0.39, 0.29) is 41.8 Å². The van der Waals surface area contributed by atoms with Gasteiger partial charge in [0.25, 0.3) is 0 Å². The van der Waals surface area contributed by atoms with E-state index in [0.29, 0.717) is 6.42 Å². The molecule has 4 nitrogen and oxygen atoms in total. The first-order valence-electron chi connectivity index (χ1n) is 10.1. The van der Waals surface area contributed by atoms with Gasteiger partial charge in [0.05, 0.1) is 6.10 Å². The molecule has 0 saturated heterocycles. The topological polar surface area (TPSA) is 74.6 Å². The van der Waals surface area contributed by atoms with Crippen molar-refractivity contribution in [3.8, 4) is 0 Å². The van der Waals surface area contributed by atoms with Crippen LogP contribution in [-0.2, 0) is 9.59 Å².